The van der Waals surface area contributed by atoms with Gasteiger partial charge in [0.2, 0.25) is 0 Å². The van der Waals surface area contributed by atoms with Crippen LogP contribution in [0.4, 0.5) is 0 Å². The van der Waals surface area contributed by atoms with Gasteiger partial charge in [0.15, 0.2) is 5.30 Å². The number of rotatable bonds is 1. The van der Waals surface area contributed by atoms with Gasteiger partial charge < -0.3 is 0 Å². The fourth-order valence-corrected chi connectivity index (χ4v) is 0.835. The standard InChI is InChI=1S/C6H5OP.ClH/c7-8-6-4-2-1-3-5-6;/h1-5H;1H/p+1. The summed E-state index contributed by atoms with van der Waals surface area (Å²) in [5, 5.41) is 0.882. The van der Waals surface area contributed by atoms with Crippen LogP contribution in [0.2, 0.25) is 0 Å². The average Bonchev–Trinajstić information content (AvgIpc) is 1.90. The van der Waals surface area contributed by atoms with Gasteiger partial charge in [-0.25, -0.2) is 0 Å². The summed E-state index contributed by atoms with van der Waals surface area (Å²) in [6.07, 6.45) is 0. The molecule has 1 rings (SSSR count). The first-order valence-electron chi connectivity index (χ1n) is 2.36. The molecule has 0 saturated heterocycles. The molecule has 9 heavy (non-hydrogen) atoms. The summed E-state index contributed by atoms with van der Waals surface area (Å²) in [6, 6.07) is 9.33. The Morgan fingerprint density at radius 3 is 2.00 bits per heavy atom. The van der Waals surface area contributed by atoms with Gasteiger partial charge in [-0.2, -0.15) is 0 Å². The molecule has 0 amide bonds. The Labute approximate surface area is 61.7 Å². The molecule has 0 aliphatic carbocycles. The minimum atomic E-state index is -0.320. The van der Waals surface area contributed by atoms with Crippen LogP contribution in [0.1, 0.15) is 0 Å². The molecule has 0 bridgehead atoms. The second kappa shape index (κ2) is 4.49. The zero-order valence-corrected chi connectivity index (χ0v) is 6.52. The molecule has 0 N–H and O–H groups in total. The van der Waals surface area contributed by atoms with E-state index in [1.807, 2.05) is 30.3 Å². The van der Waals surface area contributed by atoms with Gasteiger partial charge in [-0.05, 0) is 12.1 Å². The molecule has 0 radical (unpaired) electrons. The van der Waals surface area contributed by atoms with Crippen LogP contribution in [0.5, 0.6) is 0 Å². The van der Waals surface area contributed by atoms with Crippen LogP contribution in [-0.2, 0) is 4.57 Å². The summed E-state index contributed by atoms with van der Waals surface area (Å²) in [5.41, 5.74) is 0. The van der Waals surface area contributed by atoms with Gasteiger partial charge in [-0.3, -0.25) is 0 Å². The highest BCUT2D eigenvalue weighted by Gasteiger charge is 1.91. The second-order valence-corrected chi connectivity index (χ2v) is 2.25. The van der Waals surface area contributed by atoms with Crippen molar-refractivity contribution in [2.75, 3.05) is 0 Å². The van der Waals surface area contributed by atoms with Crippen LogP contribution in [0.3, 0.4) is 0 Å². The fraction of sp³-hybridized carbons (Fsp3) is 0. The summed E-state index contributed by atoms with van der Waals surface area (Å²) in [7, 11) is -0.320. The third-order valence-electron chi connectivity index (χ3n) is 0.892. The Morgan fingerprint density at radius 1 is 1.11 bits per heavy atom. The van der Waals surface area contributed by atoms with Crippen molar-refractivity contribution < 1.29 is 4.57 Å². The lowest BCUT2D eigenvalue weighted by atomic mass is 10.4. The van der Waals surface area contributed by atoms with Gasteiger partial charge in [0, 0.05) is 0 Å². The van der Waals surface area contributed by atoms with E-state index in [0.717, 1.165) is 5.30 Å². The molecule has 48 valence electrons. The lowest BCUT2D eigenvalue weighted by molar-refractivity contribution is 0.603. The van der Waals surface area contributed by atoms with Crippen LogP contribution in [0.25, 0.3) is 0 Å². The van der Waals surface area contributed by atoms with Crippen molar-refractivity contribution in [3.8, 4) is 0 Å². The molecule has 1 unspecified atom stereocenters. The first-order valence-corrected chi connectivity index (χ1v) is 3.27. The van der Waals surface area contributed by atoms with E-state index in [4.69, 9.17) is 0 Å². The number of hydrogen-bond donors (Lipinski definition) is 0. The molecule has 0 fully saturated rings. The normalized spacial score (nSPS) is 8.44. The predicted octanol–water partition coefficient (Wildman–Crippen LogP) is 1.76. The molecule has 1 nitrogen and oxygen atoms in total. The lowest BCUT2D eigenvalue weighted by Gasteiger charge is -1.74. The van der Waals surface area contributed by atoms with E-state index in [1.165, 1.54) is 0 Å². The number of hydrogen-bond acceptors (Lipinski definition) is 1. The molecule has 1 aromatic rings. The van der Waals surface area contributed by atoms with Crippen molar-refractivity contribution in [1.82, 2.24) is 0 Å². The maximum atomic E-state index is 10.2. The van der Waals surface area contributed by atoms with Crippen molar-refractivity contribution in [3.05, 3.63) is 30.3 Å². The summed E-state index contributed by atoms with van der Waals surface area (Å²) < 4.78 is 10.2. The Bertz CT molecular complexity index is 176. The first-order chi connectivity index (χ1) is 3.93. The van der Waals surface area contributed by atoms with Gasteiger partial charge in [-0.1, -0.05) is 22.8 Å². The molecule has 1 atom stereocenters. The zero-order valence-electron chi connectivity index (χ0n) is 4.70. The molecule has 0 spiro atoms. The SMILES string of the molecule is Cl.O=[PH+]c1ccccc1. The largest absolute Gasteiger partial charge is 0.363 e. The van der Waals surface area contributed by atoms with E-state index >= 15 is 0 Å². The van der Waals surface area contributed by atoms with Crippen LogP contribution < -0.4 is 5.30 Å². The van der Waals surface area contributed by atoms with Crippen molar-refractivity contribution in [3.63, 3.8) is 0 Å². The van der Waals surface area contributed by atoms with Gasteiger partial charge in [0.05, 0.1) is 0 Å². The van der Waals surface area contributed by atoms with Crippen molar-refractivity contribution in [2.45, 2.75) is 0 Å². The molecule has 0 heterocycles. The monoisotopic (exact) mass is 161 g/mol. The number of benzene rings is 1. The summed E-state index contributed by atoms with van der Waals surface area (Å²) >= 11 is 0. The van der Waals surface area contributed by atoms with E-state index in [9.17, 15) is 4.57 Å². The van der Waals surface area contributed by atoms with Crippen molar-refractivity contribution in [2.24, 2.45) is 0 Å². The molecule has 0 saturated carbocycles. The highest BCUT2D eigenvalue weighted by molar-refractivity contribution is 7.34. The Balaban J connectivity index is 0.000000640. The van der Waals surface area contributed by atoms with Gasteiger partial charge in [0.1, 0.15) is 0 Å². The molecule has 0 aliphatic heterocycles. The van der Waals surface area contributed by atoms with Crippen molar-refractivity contribution in [1.29, 1.82) is 0 Å². The van der Waals surface area contributed by atoms with Gasteiger partial charge >= 0.3 is 8.46 Å². The maximum absolute atomic E-state index is 10.2. The molecule has 0 aliphatic rings. The van der Waals surface area contributed by atoms with E-state index < -0.39 is 0 Å². The maximum Gasteiger partial charge on any atom is 0.363 e. The van der Waals surface area contributed by atoms with Crippen LogP contribution in [0, 0.1) is 0 Å². The smallest absolute Gasteiger partial charge is 0.147 e. The lowest BCUT2D eigenvalue weighted by Crippen LogP contribution is -1.84. The highest BCUT2D eigenvalue weighted by Crippen LogP contribution is 1.92. The van der Waals surface area contributed by atoms with Crippen LogP contribution >= 0.6 is 20.9 Å². The Morgan fingerprint density at radius 2 is 1.67 bits per heavy atom. The third kappa shape index (κ3) is 2.59. The van der Waals surface area contributed by atoms with E-state index in [0.29, 0.717) is 0 Å². The van der Waals surface area contributed by atoms with Gasteiger partial charge in [0.25, 0.3) is 0 Å². The van der Waals surface area contributed by atoms with Crippen LogP contribution in [-0.4, -0.2) is 0 Å². The summed E-state index contributed by atoms with van der Waals surface area (Å²) in [4.78, 5) is 0. The Hall–Kier alpha value is -0.390. The quantitative estimate of drug-likeness (QED) is 0.574. The van der Waals surface area contributed by atoms with E-state index in [1.54, 1.807) is 0 Å². The number of halogens is 1. The van der Waals surface area contributed by atoms with Crippen molar-refractivity contribution >= 4 is 26.2 Å². The van der Waals surface area contributed by atoms with Gasteiger partial charge in [-0.15, -0.1) is 12.4 Å². The summed E-state index contributed by atoms with van der Waals surface area (Å²) in [6.45, 7) is 0. The average molecular weight is 162 g/mol. The molecule has 0 aromatic heterocycles. The first kappa shape index (κ1) is 8.61. The van der Waals surface area contributed by atoms with E-state index in [2.05, 4.69) is 0 Å². The molecular formula is C6H7ClOP+. The minimum Gasteiger partial charge on any atom is -0.147 e. The molecular weight excluding hydrogens is 154 g/mol. The van der Waals surface area contributed by atoms with Crippen LogP contribution in [0.15, 0.2) is 30.3 Å². The molecule has 1 aromatic carbocycles. The zero-order chi connectivity index (χ0) is 5.82. The fourth-order valence-electron chi connectivity index (χ4n) is 0.506. The topological polar surface area (TPSA) is 17.1 Å². The highest BCUT2D eigenvalue weighted by atomic mass is 35.5. The van der Waals surface area contributed by atoms with E-state index in [-0.39, 0.29) is 20.9 Å². The minimum absolute atomic E-state index is 0. The molecule has 3 heteroatoms. The summed E-state index contributed by atoms with van der Waals surface area (Å²) in [5.74, 6) is 0. The Kier molecular flexibility index (Phi) is 4.29. The predicted molar refractivity (Wildman–Crippen MR) is 42.3 cm³/mol. The third-order valence-corrected chi connectivity index (χ3v) is 1.46. The second-order valence-electron chi connectivity index (χ2n) is 1.47.